The van der Waals surface area contributed by atoms with Crippen LogP contribution in [-0.2, 0) is 25.3 Å². The lowest BCUT2D eigenvalue weighted by Gasteiger charge is -2.60. The standard InChI is InChI=1S/C31H38N4O3S/c1-29-14-18-16-32-35(4)24(18)13-19(29)9-10-20-21-11-12-31(38,30(21,2)15-25(36)27(20)29)26(37)17-39-28-33-22-7-5-6-8-23(22)34(28)3/h5-8,13,16,20-21,25,27,36,38H,9-12,14-15,17H2,1-4H3/t20?,21?,25-,27?,29?,30?,31-/m0/s1. The van der Waals surface area contributed by atoms with E-state index >= 15 is 0 Å². The summed E-state index contributed by atoms with van der Waals surface area (Å²) in [5, 5.41) is 29.2. The second kappa shape index (κ2) is 8.54. The molecule has 3 saturated carbocycles. The van der Waals surface area contributed by atoms with Crippen molar-refractivity contribution in [1.29, 1.82) is 0 Å². The van der Waals surface area contributed by atoms with Crippen LogP contribution in [0.2, 0.25) is 0 Å². The lowest BCUT2D eigenvalue weighted by atomic mass is 9.45. The first-order chi connectivity index (χ1) is 18.6. The fourth-order valence-electron chi connectivity index (χ4n) is 9.28. The first-order valence-electron chi connectivity index (χ1n) is 14.3. The van der Waals surface area contributed by atoms with Crippen LogP contribution in [0.15, 0.2) is 41.2 Å². The van der Waals surface area contributed by atoms with Crippen LogP contribution in [0.4, 0.5) is 0 Å². The summed E-state index contributed by atoms with van der Waals surface area (Å²) in [6.07, 6.45) is 8.37. The molecule has 206 valence electrons. The number of thioether (sulfide) groups is 1. The quantitative estimate of drug-likeness (QED) is 0.467. The Bertz CT molecular complexity index is 1530. The summed E-state index contributed by atoms with van der Waals surface area (Å²) in [7, 11) is 3.96. The fourth-order valence-corrected chi connectivity index (χ4v) is 10.2. The van der Waals surface area contributed by atoms with Crippen molar-refractivity contribution in [3.63, 3.8) is 0 Å². The van der Waals surface area contributed by atoms with Crippen molar-refractivity contribution in [2.45, 2.75) is 69.2 Å². The lowest BCUT2D eigenvalue weighted by Crippen LogP contribution is -2.62. The smallest absolute Gasteiger partial charge is 0.175 e. The van der Waals surface area contributed by atoms with E-state index in [-0.39, 0.29) is 34.7 Å². The van der Waals surface area contributed by atoms with Crippen LogP contribution in [0, 0.1) is 28.6 Å². The highest BCUT2D eigenvalue weighted by Gasteiger charge is 2.68. The van der Waals surface area contributed by atoms with Crippen LogP contribution in [0.3, 0.4) is 0 Å². The predicted molar refractivity (Wildman–Crippen MR) is 152 cm³/mol. The molecule has 0 radical (unpaired) electrons. The SMILES string of the molecule is Cn1ncc2c1C=C1CCC3C([C@@H](O)CC4(C)C3CC[C@]4(O)C(=O)CSc3nc4ccccc4n3C)C1(C)C2. The van der Waals surface area contributed by atoms with Gasteiger partial charge in [0.25, 0.3) is 0 Å². The monoisotopic (exact) mass is 546 g/mol. The zero-order valence-corrected chi connectivity index (χ0v) is 24.0. The molecule has 39 heavy (non-hydrogen) atoms. The van der Waals surface area contributed by atoms with Gasteiger partial charge in [-0.3, -0.25) is 9.48 Å². The number of aliphatic hydroxyl groups is 2. The molecule has 7 rings (SSSR count). The minimum Gasteiger partial charge on any atom is -0.393 e. The van der Waals surface area contributed by atoms with Gasteiger partial charge in [-0.25, -0.2) is 4.98 Å². The van der Waals surface area contributed by atoms with Crippen LogP contribution in [0.1, 0.15) is 57.2 Å². The molecule has 3 aromatic rings. The van der Waals surface area contributed by atoms with E-state index in [1.54, 1.807) is 0 Å². The molecule has 5 unspecified atom stereocenters. The molecule has 0 bridgehead atoms. The molecule has 0 aliphatic heterocycles. The van der Waals surface area contributed by atoms with Gasteiger partial charge < -0.3 is 14.8 Å². The van der Waals surface area contributed by atoms with Gasteiger partial charge in [0.05, 0.1) is 34.8 Å². The Morgan fingerprint density at radius 2 is 2.00 bits per heavy atom. The number of fused-ring (bicyclic) bond motifs is 7. The highest BCUT2D eigenvalue weighted by Crippen LogP contribution is 2.67. The van der Waals surface area contributed by atoms with E-state index in [0.29, 0.717) is 12.8 Å². The van der Waals surface area contributed by atoms with Crippen LogP contribution in [0.25, 0.3) is 17.1 Å². The van der Waals surface area contributed by atoms with E-state index in [0.717, 1.165) is 41.9 Å². The number of aryl methyl sites for hydroxylation is 2. The number of aliphatic hydroxyl groups excluding tert-OH is 1. The van der Waals surface area contributed by atoms with Gasteiger partial charge in [-0.1, -0.05) is 43.3 Å². The second-order valence-corrected chi connectivity index (χ2v) is 14.0. The van der Waals surface area contributed by atoms with E-state index in [1.165, 1.54) is 28.6 Å². The Balaban J connectivity index is 1.15. The molecule has 0 spiro atoms. The Morgan fingerprint density at radius 1 is 1.21 bits per heavy atom. The number of hydrogen-bond acceptors (Lipinski definition) is 6. The molecule has 1 aromatic carbocycles. The zero-order valence-electron chi connectivity index (χ0n) is 23.2. The summed E-state index contributed by atoms with van der Waals surface area (Å²) in [6.45, 7) is 4.41. The molecule has 4 aliphatic rings. The maximum absolute atomic E-state index is 13.8. The zero-order chi connectivity index (χ0) is 27.3. The summed E-state index contributed by atoms with van der Waals surface area (Å²) in [6, 6.07) is 7.95. The number of aromatic nitrogens is 4. The van der Waals surface area contributed by atoms with Gasteiger partial charge in [0.2, 0.25) is 0 Å². The van der Waals surface area contributed by atoms with Crippen molar-refractivity contribution in [2.24, 2.45) is 42.7 Å². The van der Waals surface area contributed by atoms with Gasteiger partial charge in [-0.05, 0) is 85.5 Å². The number of imidazole rings is 1. The highest BCUT2D eigenvalue weighted by molar-refractivity contribution is 7.99. The molecule has 4 aliphatic carbocycles. The van der Waals surface area contributed by atoms with Gasteiger partial charge in [0.15, 0.2) is 10.9 Å². The van der Waals surface area contributed by atoms with Crippen LogP contribution in [0.5, 0.6) is 0 Å². The van der Waals surface area contributed by atoms with E-state index < -0.39 is 17.1 Å². The van der Waals surface area contributed by atoms with Crippen molar-refractivity contribution in [3.05, 3.63) is 47.3 Å². The average Bonchev–Trinajstić information content (AvgIpc) is 3.52. The average molecular weight is 547 g/mol. The minimum absolute atomic E-state index is 0.121. The first-order valence-corrected chi connectivity index (χ1v) is 15.3. The summed E-state index contributed by atoms with van der Waals surface area (Å²) in [4.78, 5) is 18.5. The number of para-hydroxylation sites is 2. The van der Waals surface area contributed by atoms with Gasteiger partial charge in [0, 0.05) is 19.5 Å². The van der Waals surface area contributed by atoms with E-state index in [2.05, 4.69) is 25.0 Å². The number of rotatable bonds is 4. The van der Waals surface area contributed by atoms with Crippen LogP contribution < -0.4 is 0 Å². The van der Waals surface area contributed by atoms with E-state index in [1.807, 2.05) is 53.8 Å². The van der Waals surface area contributed by atoms with Gasteiger partial charge in [-0.15, -0.1) is 0 Å². The van der Waals surface area contributed by atoms with Crippen LogP contribution >= 0.6 is 11.8 Å². The number of benzene rings is 1. The maximum atomic E-state index is 13.8. The Labute approximate surface area is 233 Å². The number of carbonyl (C=O) groups is 1. The molecule has 3 fully saturated rings. The molecule has 2 N–H and O–H groups in total. The maximum Gasteiger partial charge on any atom is 0.175 e. The number of allylic oxidation sites excluding steroid dienone is 1. The summed E-state index contributed by atoms with van der Waals surface area (Å²) >= 11 is 1.40. The third-order valence-corrected chi connectivity index (χ3v) is 12.3. The van der Waals surface area contributed by atoms with Crippen LogP contribution in [-0.4, -0.2) is 52.8 Å². The van der Waals surface area contributed by atoms with Gasteiger partial charge >= 0.3 is 0 Å². The molecule has 0 saturated heterocycles. The summed E-state index contributed by atoms with van der Waals surface area (Å²) < 4.78 is 3.97. The molecule has 7 atom stereocenters. The fraction of sp³-hybridized carbons (Fsp3) is 0.581. The molecule has 2 aromatic heterocycles. The third kappa shape index (κ3) is 3.40. The Kier molecular flexibility index (Phi) is 5.59. The van der Waals surface area contributed by atoms with Gasteiger partial charge in [0.1, 0.15) is 5.60 Å². The third-order valence-electron chi connectivity index (χ3n) is 11.3. The number of ketones is 1. The number of Topliss-reactive ketones (excluding diaryl/α,β-unsaturated/α-hetero) is 1. The largest absolute Gasteiger partial charge is 0.393 e. The van der Waals surface area contributed by atoms with Crippen molar-refractivity contribution >= 4 is 34.7 Å². The van der Waals surface area contributed by atoms with E-state index in [9.17, 15) is 15.0 Å². The van der Waals surface area contributed by atoms with Crippen molar-refractivity contribution in [2.75, 3.05) is 5.75 Å². The molecule has 2 heterocycles. The number of hydrogen-bond donors (Lipinski definition) is 2. The lowest BCUT2D eigenvalue weighted by molar-refractivity contribution is -0.177. The predicted octanol–water partition coefficient (Wildman–Crippen LogP) is 4.55. The molecular weight excluding hydrogens is 508 g/mol. The van der Waals surface area contributed by atoms with Crippen molar-refractivity contribution in [3.8, 4) is 0 Å². The van der Waals surface area contributed by atoms with Crippen molar-refractivity contribution < 1.29 is 15.0 Å². The van der Waals surface area contributed by atoms with Gasteiger partial charge in [-0.2, -0.15) is 5.10 Å². The Hall–Kier alpha value is -2.42. The Morgan fingerprint density at radius 3 is 2.79 bits per heavy atom. The number of carbonyl (C=O) groups excluding carboxylic acids is 1. The molecular formula is C31H38N4O3S. The number of nitrogens with zero attached hydrogens (tertiary/aromatic N) is 4. The first kappa shape index (κ1) is 25.5. The summed E-state index contributed by atoms with van der Waals surface area (Å²) in [5.41, 5.74) is 3.61. The minimum atomic E-state index is -1.43. The van der Waals surface area contributed by atoms with E-state index in [4.69, 9.17) is 4.98 Å². The topological polar surface area (TPSA) is 93.2 Å². The second-order valence-electron chi connectivity index (χ2n) is 13.0. The molecule has 8 heteroatoms. The molecule has 0 amide bonds. The van der Waals surface area contributed by atoms with Crippen molar-refractivity contribution in [1.82, 2.24) is 19.3 Å². The molecule has 7 nitrogen and oxygen atoms in total. The highest BCUT2D eigenvalue weighted by atomic mass is 32.2. The normalized spacial score (nSPS) is 37.1. The summed E-state index contributed by atoms with van der Waals surface area (Å²) in [5.74, 6) is 0.670.